The smallest absolute Gasteiger partial charge is 0.294 e. The molecule has 0 saturated carbocycles. The molecule has 0 aliphatic carbocycles. The maximum Gasteiger partial charge on any atom is 0.294 e. The topological polar surface area (TPSA) is 107 Å². The number of carbonyl (C=O) groups is 1. The molecule has 1 heterocycles. The van der Waals surface area contributed by atoms with Crippen LogP contribution < -0.4 is 10.7 Å². The molecule has 0 aliphatic heterocycles. The van der Waals surface area contributed by atoms with Gasteiger partial charge in [-0.25, -0.2) is 4.68 Å². The molecule has 1 N–H and O–H groups in total. The molecule has 0 saturated heterocycles. The molecule has 8 nitrogen and oxygen atoms in total. The molecule has 1 amide bonds. The van der Waals surface area contributed by atoms with Gasteiger partial charge >= 0.3 is 0 Å². The van der Waals surface area contributed by atoms with Crippen LogP contribution in [0, 0.1) is 17.0 Å². The van der Waals surface area contributed by atoms with Crippen LogP contribution in [0.3, 0.4) is 0 Å². The second-order valence-electron chi connectivity index (χ2n) is 6.88. The zero-order chi connectivity index (χ0) is 21.7. The maximum absolute atomic E-state index is 12.7. The summed E-state index contributed by atoms with van der Waals surface area (Å²) in [6.07, 6.45) is 0.812. The summed E-state index contributed by atoms with van der Waals surface area (Å²) in [4.78, 5) is 35.9. The molecular formula is C22H22N4O4. The van der Waals surface area contributed by atoms with Gasteiger partial charge in [0, 0.05) is 30.3 Å². The Kier molecular flexibility index (Phi) is 6.36. The maximum atomic E-state index is 12.7. The van der Waals surface area contributed by atoms with Gasteiger partial charge in [0.25, 0.3) is 11.6 Å². The fourth-order valence-corrected chi connectivity index (χ4v) is 3.27. The van der Waals surface area contributed by atoms with Gasteiger partial charge in [-0.15, -0.1) is 0 Å². The van der Waals surface area contributed by atoms with E-state index in [1.54, 1.807) is 19.1 Å². The predicted octanol–water partition coefficient (Wildman–Crippen LogP) is 3.37. The number of aryl methyl sites for hydroxylation is 1. The van der Waals surface area contributed by atoms with Gasteiger partial charge in [0.05, 0.1) is 4.92 Å². The van der Waals surface area contributed by atoms with E-state index in [0.29, 0.717) is 12.2 Å². The van der Waals surface area contributed by atoms with Gasteiger partial charge in [0.2, 0.25) is 5.43 Å². The van der Waals surface area contributed by atoms with Crippen LogP contribution in [0.15, 0.2) is 65.5 Å². The number of nitro benzene ring substituents is 1. The molecule has 1 unspecified atom stereocenters. The van der Waals surface area contributed by atoms with Crippen molar-refractivity contribution < 1.29 is 9.72 Å². The molecule has 0 aliphatic rings. The summed E-state index contributed by atoms with van der Waals surface area (Å²) in [5.74, 6) is -0.514. The Morgan fingerprint density at radius 1 is 1.17 bits per heavy atom. The average molecular weight is 406 g/mol. The van der Waals surface area contributed by atoms with Crippen molar-refractivity contribution in [3.63, 3.8) is 0 Å². The summed E-state index contributed by atoms with van der Waals surface area (Å²) in [7, 11) is 0. The molecule has 0 fully saturated rings. The monoisotopic (exact) mass is 406 g/mol. The third kappa shape index (κ3) is 4.43. The number of carbonyl (C=O) groups excluding carboxylic acids is 1. The van der Waals surface area contributed by atoms with E-state index in [-0.39, 0.29) is 23.0 Å². The zero-order valence-corrected chi connectivity index (χ0v) is 16.7. The van der Waals surface area contributed by atoms with Crippen LogP contribution in [-0.2, 0) is 0 Å². The van der Waals surface area contributed by atoms with Crippen molar-refractivity contribution >= 4 is 11.6 Å². The summed E-state index contributed by atoms with van der Waals surface area (Å²) in [6, 6.07) is 17.1. The fourth-order valence-electron chi connectivity index (χ4n) is 3.27. The van der Waals surface area contributed by atoms with Gasteiger partial charge < -0.3 is 5.32 Å². The van der Waals surface area contributed by atoms with E-state index in [1.807, 2.05) is 37.3 Å². The van der Waals surface area contributed by atoms with Crippen molar-refractivity contribution in [2.45, 2.75) is 26.2 Å². The van der Waals surface area contributed by atoms with Crippen molar-refractivity contribution in [3.8, 4) is 5.69 Å². The number of para-hydroxylation sites is 2. The van der Waals surface area contributed by atoms with Crippen molar-refractivity contribution in [1.29, 1.82) is 0 Å². The van der Waals surface area contributed by atoms with E-state index < -0.39 is 16.3 Å². The molecule has 8 heteroatoms. The van der Waals surface area contributed by atoms with Crippen LogP contribution in [0.25, 0.3) is 5.69 Å². The van der Waals surface area contributed by atoms with Crippen LogP contribution in [-0.4, -0.2) is 27.2 Å². The van der Waals surface area contributed by atoms with Crippen molar-refractivity contribution in [2.75, 3.05) is 6.54 Å². The van der Waals surface area contributed by atoms with Crippen LogP contribution in [0.5, 0.6) is 0 Å². The normalized spacial score (nSPS) is 11.7. The van der Waals surface area contributed by atoms with Gasteiger partial charge in [-0.1, -0.05) is 49.4 Å². The second kappa shape index (κ2) is 9.13. The number of rotatable bonds is 7. The van der Waals surface area contributed by atoms with Crippen molar-refractivity contribution in [3.05, 3.63) is 98.0 Å². The fraction of sp³-hybridized carbons (Fsp3) is 0.227. The molecule has 3 aromatic rings. The number of hydrogen-bond donors (Lipinski definition) is 1. The van der Waals surface area contributed by atoms with Gasteiger partial charge in [-0.3, -0.25) is 19.7 Å². The Bertz CT molecular complexity index is 1130. The second-order valence-corrected chi connectivity index (χ2v) is 6.88. The van der Waals surface area contributed by atoms with Gasteiger partial charge in [-0.05, 0) is 25.0 Å². The first-order chi connectivity index (χ1) is 14.4. The first-order valence-electron chi connectivity index (χ1n) is 9.60. The molecule has 154 valence electrons. The summed E-state index contributed by atoms with van der Waals surface area (Å²) >= 11 is 0. The minimum atomic E-state index is -0.610. The SMILES string of the molecule is CCC(CNC(=O)c1nn(-c2ccccc2[N+](=O)[O-])c(C)cc1=O)c1ccccc1. The summed E-state index contributed by atoms with van der Waals surface area (Å²) in [5, 5.41) is 18.3. The standard InChI is InChI=1S/C22H22N4O4/c1-3-16(17-9-5-4-6-10-17)14-23-22(28)21-20(27)13-15(2)25(24-21)18-11-7-8-12-19(18)26(29)30/h4-13,16H,3,14H2,1-2H3,(H,23,28). The molecule has 0 radical (unpaired) electrons. The lowest BCUT2D eigenvalue weighted by Gasteiger charge is -2.16. The Morgan fingerprint density at radius 3 is 2.50 bits per heavy atom. The molecule has 1 atom stereocenters. The molecule has 30 heavy (non-hydrogen) atoms. The van der Waals surface area contributed by atoms with Crippen molar-refractivity contribution in [1.82, 2.24) is 15.1 Å². The number of aromatic nitrogens is 2. The molecular weight excluding hydrogens is 384 g/mol. The largest absolute Gasteiger partial charge is 0.350 e. The van der Waals surface area contributed by atoms with E-state index >= 15 is 0 Å². The van der Waals surface area contributed by atoms with E-state index in [4.69, 9.17) is 0 Å². The van der Waals surface area contributed by atoms with Crippen LogP contribution >= 0.6 is 0 Å². The van der Waals surface area contributed by atoms with Crippen LogP contribution in [0.4, 0.5) is 5.69 Å². The number of nitro groups is 1. The highest BCUT2D eigenvalue weighted by Crippen LogP contribution is 2.22. The minimum Gasteiger partial charge on any atom is -0.350 e. The average Bonchev–Trinajstić information content (AvgIpc) is 2.75. The molecule has 3 rings (SSSR count). The number of benzene rings is 2. The van der Waals surface area contributed by atoms with Crippen molar-refractivity contribution in [2.24, 2.45) is 0 Å². The van der Waals surface area contributed by atoms with E-state index in [1.165, 1.54) is 22.9 Å². The van der Waals surface area contributed by atoms with E-state index in [2.05, 4.69) is 10.4 Å². The summed E-state index contributed by atoms with van der Waals surface area (Å²) < 4.78 is 1.25. The quantitative estimate of drug-likeness (QED) is 0.478. The third-order valence-electron chi connectivity index (χ3n) is 4.90. The van der Waals surface area contributed by atoms with Crippen LogP contribution in [0.2, 0.25) is 0 Å². The lowest BCUT2D eigenvalue weighted by molar-refractivity contribution is -0.384. The Morgan fingerprint density at radius 2 is 1.83 bits per heavy atom. The van der Waals surface area contributed by atoms with Gasteiger partial charge in [0.1, 0.15) is 5.69 Å². The zero-order valence-electron chi connectivity index (χ0n) is 16.7. The first kappa shape index (κ1) is 20.9. The number of hydrogen-bond acceptors (Lipinski definition) is 5. The molecule has 0 spiro atoms. The first-order valence-corrected chi connectivity index (χ1v) is 9.60. The lowest BCUT2D eigenvalue weighted by atomic mass is 9.96. The van der Waals surface area contributed by atoms with Gasteiger partial charge in [0.15, 0.2) is 5.69 Å². The number of nitrogens with zero attached hydrogens (tertiary/aromatic N) is 3. The Labute approximate surface area is 173 Å². The predicted molar refractivity (Wildman–Crippen MR) is 113 cm³/mol. The highest BCUT2D eigenvalue weighted by atomic mass is 16.6. The summed E-state index contributed by atoms with van der Waals surface area (Å²) in [5.41, 5.74) is 0.660. The Hall–Kier alpha value is -3.81. The van der Waals surface area contributed by atoms with E-state index in [9.17, 15) is 19.7 Å². The van der Waals surface area contributed by atoms with E-state index in [0.717, 1.165) is 12.0 Å². The Balaban J connectivity index is 1.90. The minimum absolute atomic E-state index is 0.0954. The molecule has 2 aromatic carbocycles. The molecule has 1 aromatic heterocycles. The van der Waals surface area contributed by atoms with Gasteiger partial charge in [-0.2, -0.15) is 5.10 Å². The third-order valence-corrected chi connectivity index (χ3v) is 4.90. The summed E-state index contributed by atoms with van der Waals surface area (Å²) in [6.45, 7) is 3.98. The highest BCUT2D eigenvalue weighted by Gasteiger charge is 2.20. The number of amides is 1. The molecule has 0 bridgehead atoms. The highest BCUT2D eigenvalue weighted by molar-refractivity contribution is 5.92. The lowest BCUT2D eigenvalue weighted by Crippen LogP contribution is -2.34. The van der Waals surface area contributed by atoms with Crippen LogP contribution in [0.1, 0.15) is 41.0 Å². The number of nitrogens with one attached hydrogen (secondary N) is 1.